The molecular formula is C54H69B2BrClN3O17S. The van der Waals surface area contributed by atoms with Crippen molar-refractivity contribution in [2.24, 2.45) is 22.4 Å². The first-order valence-electron chi connectivity index (χ1n) is 25.3. The lowest BCUT2D eigenvalue weighted by Crippen LogP contribution is -2.65. The van der Waals surface area contributed by atoms with Gasteiger partial charge in [-0.2, -0.15) is 0 Å². The fourth-order valence-corrected chi connectivity index (χ4v) is 11.8. The van der Waals surface area contributed by atoms with Crippen molar-refractivity contribution < 1.29 is 81.6 Å². The Bertz CT molecular complexity index is 2950. The summed E-state index contributed by atoms with van der Waals surface area (Å²) in [5.41, 5.74) is 5.88. The largest absolute Gasteiger partial charge is 0.535 e. The number of nitrogens with two attached hydrogens (primary N) is 1. The highest BCUT2D eigenvalue weighted by molar-refractivity contribution is 9.10. The van der Waals surface area contributed by atoms with Gasteiger partial charge in [-0.05, 0) is 155 Å². The predicted molar refractivity (Wildman–Crippen MR) is 301 cm³/mol. The van der Waals surface area contributed by atoms with Crippen LogP contribution in [0.4, 0.5) is 5.13 Å². The number of carbonyl (C=O) groups excluding carboxylic acids is 3. The number of methoxy groups -OCH3 is 5. The van der Waals surface area contributed by atoms with Crippen molar-refractivity contribution in [3.63, 3.8) is 0 Å². The van der Waals surface area contributed by atoms with Crippen LogP contribution in [0.25, 0.3) is 0 Å². The summed E-state index contributed by atoms with van der Waals surface area (Å²) in [6.45, 7) is 17.8. The molecule has 5 N–H and O–H groups in total. The minimum absolute atomic E-state index is 0.0350. The fraction of sp³-hybridized carbons (Fsp3) is 0.519. The van der Waals surface area contributed by atoms with Crippen LogP contribution >= 0.6 is 38.9 Å². The maximum Gasteiger partial charge on any atom is 0.526 e. The number of carboxylic acids is 1. The Kier molecular flexibility index (Phi) is 19.7. The molecule has 1 aromatic heterocycles. The molecular weight excluding hydrogens is 1130 g/mol. The fourth-order valence-electron chi connectivity index (χ4n) is 10.4. The van der Waals surface area contributed by atoms with E-state index in [9.17, 15) is 34.5 Å². The van der Waals surface area contributed by atoms with Crippen molar-refractivity contribution in [3.8, 4) is 34.5 Å². The third kappa shape index (κ3) is 14.2. The van der Waals surface area contributed by atoms with E-state index < -0.39 is 60.2 Å². The second-order valence-corrected chi connectivity index (χ2v) is 24.5. The van der Waals surface area contributed by atoms with E-state index in [0.29, 0.717) is 68.2 Å². The van der Waals surface area contributed by atoms with Gasteiger partial charge >= 0.3 is 32.1 Å². The average molecular weight is 1200 g/mol. The lowest BCUT2D eigenvalue weighted by atomic mass is 9.43. The molecule has 6 atom stereocenters. The molecule has 0 radical (unpaired) electrons. The van der Waals surface area contributed by atoms with E-state index in [0.717, 1.165) is 23.3 Å². The quantitative estimate of drug-likeness (QED) is 0.0215. The molecule has 5 aliphatic rings. The highest BCUT2D eigenvalue weighted by atomic mass is 79.9. The number of halogens is 2. The molecule has 2 aliphatic heterocycles. The van der Waals surface area contributed by atoms with Crippen LogP contribution in [0.3, 0.4) is 0 Å². The summed E-state index contributed by atoms with van der Waals surface area (Å²) in [5.74, 6) is 0.0445. The van der Waals surface area contributed by atoms with Crippen LogP contribution in [0, 0.1) is 17.3 Å². The van der Waals surface area contributed by atoms with Gasteiger partial charge in [-0.15, -0.1) is 22.9 Å². The standard InChI is InChI=1S/C25H36BClO6.C16H16BN3O7S.C13H17BrO4/c1-23(2,3)31-22(28)17-13-16(29-7)9-14(21(17)30-8)10-20(27)26-32-19-12-15-11-18(24(15,4)5)25(19,6)33-26;1-26-9-3-7-2-8(17(24)27-14(7)10(5-9)15(22)23)4-12(21)13(20-25)11-6-28-16(18)19-11;1-13(2,3)18-12(15)9-6-8(16-4)7-10(14)11(9)17-5/h9,13,15,18-20H,10-12H2,1-8H3;3,5-6,8,24-25H,2,4H2,1H3,(H2,18,19)(H,22,23);6-7H,1-5H3/b;20-13-;/t15?,18-,19?,20+,25-;8-;/m01./s1. The van der Waals surface area contributed by atoms with Crippen LogP contribution in [0.5, 0.6) is 34.5 Å². The number of oxime groups is 1. The Morgan fingerprint density at radius 3 is 1.92 bits per heavy atom. The van der Waals surface area contributed by atoms with Crippen LogP contribution in [0.2, 0.25) is 5.82 Å². The molecule has 3 aliphatic carbocycles. The molecule has 0 amide bonds. The number of fused-ring (bicyclic) bond motifs is 1. The zero-order valence-corrected chi connectivity index (χ0v) is 50.0. The summed E-state index contributed by atoms with van der Waals surface area (Å²) in [4.78, 5) is 52.9. The number of aromatic carboxylic acids is 1. The van der Waals surface area contributed by atoms with E-state index in [1.54, 1.807) is 31.4 Å². The van der Waals surface area contributed by atoms with Gasteiger partial charge in [0, 0.05) is 17.6 Å². The van der Waals surface area contributed by atoms with Crippen molar-refractivity contribution in [1.29, 1.82) is 0 Å². The number of esters is 2. The normalized spacial score (nSPS) is 21.2. The molecule has 1 saturated heterocycles. The number of thiazole rings is 1. The van der Waals surface area contributed by atoms with Crippen molar-refractivity contribution >= 4 is 87.6 Å². The minimum atomic E-state index is -1.41. The average Bonchev–Trinajstić information content (AvgIpc) is 4.12. The summed E-state index contributed by atoms with van der Waals surface area (Å²) in [7, 11) is 5.59. The SMILES string of the molecule is COc1cc(Br)c(OC)c(C(=O)OC(C)(C)C)c1.COc1cc(C[C@@H](Cl)B2OC3CC4C[C@@H](C4(C)C)[C@]3(C)O2)c(OC)c(C(=O)OC(C)(C)C)c1.COc1cc2c(c(C(=O)O)c1)OB(O)[C@@H](CC(=O)/C(=N\O)c1csc(N)n1)C2. The number of anilines is 1. The van der Waals surface area contributed by atoms with Gasteiger partial charge in [0.1, 0.15) is 68.1 Å². The number of Topliss-reactive ketones (excluding diaryl/α,β-unsaturated/α-hetero) is 1. The third-order valence-corrected chi connectivity index (χ3v) is 15.9. The van der Waals surface area contributed by atoms with Crippen LogP contribution in [-0.4, -0.2) is 128 Å². The number of ketones is 1. The van der Waals surface area contributed by atoms with E-state index >= 15 is 0 Å². The number of hydrogen-bond donors (Lipinski definition) is 4. The van der Waals surface area contributed by atoms with Crippen molar-refractivity contribution in [2.75, 3.05) is 41.3 Å². The maximum atomic E-state index is 12.9. The van der Waals surface area contributed by atoms with Gasteiger partial charge in [0.25, 0.3) is 0 Å². The topological polar surface area (TPSA) is 273 Å². The van der Waals surface area contributed by atoms with Crippen molar-refractivity contribution in [1.82, 2.24) is 4.98 Å². The van der Waals surface area contributed by atoms with Crippen molar-refractivity contribution in [2.45, 2.75) is 128 Å². The smallest absolute Gasteiger partial charge is 0.526 e. The number of hydrogen-bond acceptors (Lipinski definition) is 20. The molecule has 3 aromatic carbocycles. The monoisotopic (exact) mass is 1200 g/mol. The summed E-state index contributed by atoms with van der Waals surface area (Å²) in [6, 6.07) is 9.68. The van der Waals surface area contributed by atoms with Gasteiger partial charge in [-0.3, -0.25) is 4.79 Å². The van der Waals surface area contributed by atoms with Gasteiger partial charge in [0.05, 0.1) is 57.0 Å². The highest BCUT2D eigenvalue weighted by Crippen LogP contribution is 2.66. The lowest BCUT2D eigenvalue weighted by Gasteiger charge is -2.64. The van der Waals surface area contributed by atoms with Gasteiger partial charge < -0.3 is 68.2 Å². The van der Waals surface area contributed by atoms with E-state index in [-0.39, 0.29) is 57.8 Å². The number of nitrogens with zero attached hydrogens (tertiary/aromatic N) is 2. The molecule has 2 bridgehead atoms. The number of rotatable bonds is 15. The summed E-state index contributed by atoms with van der Waals surface area (Å²) < 4.78 is 56.4. The predicted octanol–water partition coefficient (Wildman–Crippen LogP) is 9.55. The van der Waals surface area contributed by atoms with Crippen LogP contribution in [0.1, 0.15) is 129 Å². The second-order valence-electron chi connectivity index (χ2n) is 22.2. The number of aromatic nitrogens is 1. The molecule has 3 heterocycles. The Balaban J connectivity index is 0.000000200. The molecule has 9 rings (SSSR count). The molecule has 2 unspecified atom stereocenters. The Morgan fingerprint density at radius 1 is 0.861 bits per heavy atom. The second kappa shape index (κ2) is 24.9. The molecule has 4 aromatic rings. The first-order chi connectivity index (χ1) is 36.9. The summed E-state index contributed by atoms with van der Waals surface area (Å²) >= 11 is 11.3. The Labute approximate surface area is 478 Å². The number of alkyl halides is 1. The third-order valence-electron chi connectivity index (χ3n) is 14.3. The van der Waals surface area contributed by atoms with E-state index in [4.69, 9.17) is 64.5 Å². The zero-order chi connectivity index (χ0) is 58.7. The van der Waals surface area contributed by atoms with Crippen LogP contribution in [-0.2, 0) is 36.4 Å². The summed E-state index contributed by atoms with van der Waals surface area (Å²) in [6.07, 6.45) is 2.60. The number of carboxylic acid groups (broad SMARTS) is 1. The molecule has 4 fully saturated rings. The van der Waals surface area contributed by atoms with Gasteiger partial charge in [-0.25, -0.2) is 19.4 Å². The number of carbonyl (C=O) groups is 4. The first kappa shape index (κ1) is 62.4. The minimum Gasteiger partial charge on any atom is -0.535 e. The number of nitrogen functional groups attached to an aromatic ring is 1. The number of benzene rings is 3. The highest BCUT2D eigenvalue weighted by Gasteiger charge is 2.68. The summed E-state index contributed by atoms with van der Waals surface area (Å²) in [5, 5.41) is 33.1. The molecule has 0 spiro atoms. The maximum absolute atomic E-state index is 12.9. The molecule has 25 heteroatoms. The first-order valence-corrected chi connectivity index (χ1v) is 27.4. The Hall–Kier alpha value is -5.78. The Morgan fingerprint density at radius 2 is 1.42 bits per heavy atom. The van der Waals surface area contributed by atoms with Gasteiger partial charge in [-0.1, -0.05) is 19.0 Å². The van der Waals surface area contributed by atoms with Crippen molar-refractivity contribution in [3.05, 3.63) is 79.8 Å². The molecule has 79 heavy (non-hydrogen) atoms. The number of ether oxygens (including phenoxy) is 7. The van der Waals surface area contributed by atoms with E-state index in [1.165, 1.54) is 46.3 Å². The molecule has 20 nitrogen and oxygen atoms in total. The van der Waals surface area contributed by atoms with Crippen LogP contribution in [0.15, 0.2) is 51.4 Å². The van der Waals surface area contributed by atoms with E-state index in [1.807, 2.05) is 47.6 Å². The molecule has 428 valence electrons. The van der Waals surface area contributed by atoms with Gasteiger partial charge in [0.2, 0.25) is 0 Å². The lowest BCUT2D eigenvalue weighted by molar-refractivity contribution is -0.199. The van der Waals surface area contributed by atoms with Gasteiger partial charge in [0.15, 0.2) is 16.6 Å². The molecule has 3 saturated carbocycles. The van der Waals surface area contributed by atoms with E-state index in [2.05, 4.69) is 46.8 Å². The van der Waals surface area contributed by atoms with Crippen LogP contribution < -0.4 is 34.1 Å². The zero-order valence-electron chi connectivity index (χ0n) is 46.8.